The van der Waals surface area contributed by atoms with Gasteiger partial charge in [-0.1, -0.05) is 71.6 Å². The lowest BCUT2D eigenvalue weighted by Crippen LogP contribution is -2.26. The van der Waals surface area contributed by atoms with Gasteiger partial charge in [-0.2, -0.15) is 0 Å². The lowest BCUT2D eigenvalue weighted by Gasteiger charge is -2.25. The Morgan fingerprint density at radius 1 is 0.944 bits per heavy atom. The van der Waals surface area contributed by atoms with Crippen molar-refractivity contribution in [3.63, 3.8) is 0 Å². The van der Waals surface area contributed by atoms with Gasteiger partial charge in [-0.3, -0.25) is 4.79 Å². The van der Waals surface area contributed by atoms with Crippen LogP contribution < -0.4 is 0 Å². The van der Waals surface area contributed by atoms with Gasteiger partial charge in [0.25, 0.3) is 0 Å². The van der Waals surface area contributed by atoms with Crippen LogP contribution in [0.5, 0.6) is 0 Å². The fourth-order valence-corrected chi connectivity index (χ4v) is 3.17. The smallest absolute Gasteiger partial charge is 0.138 e. The third-order valence-electron chi connectivity index (χ3n) is 4.48. The molecule has 0 amide bonds. The molecule has 1 aliphatic rings. The molecule has 0 aromatic heterocycles. The number of carbonyl (C=O) groups excluding carboxylic acids is 1. The van der Waals surface area contributed by atoms with Crippen molar-refractivity contribution in [1.82, 2.24) is 0 Å². The van der Waals surface area contributed by atoms with Crippen LogP contribution >= 0.6 is 0 Å². The Morgan fingerprint density at radius 3 is 2.22 bits per heavy atom. The maximum Gasteiger partial charge on any atom is 0.138 e. The Labute approximate surface area is 114 Å². The summed E-state index contributed by atoms with van der Waals surface area (Å²) in [5.74, 6) is 1.32. The highest BCUT2D eigenvalue weighted by Gasteiger charge is 2.27. The molecule has 0 aromatic carbocycles. The molecule has 1 saturated carbocycles. The van der Waals surface area contributed by atoms with Gasteiger partial charge in [0.2, 0.25) is 0 Å². The van der Waals surface area contributed by atoms with Crippen LogP contribution in [-0.2, 0) is 4.79 Å². The zero-order chi connectivity index (χ0) is 13.2. The van der Waals surface area contributed by atoms with Crippen LogP contribution in [0, 0.1) is 11.8 Å². The van der Waals surface area contributed by atoms with E-state index in [-0.39, 0.29) is 0 Å². The van der Waals surface area contributed by atoms with E-state index >= 15 is 0 Å². The first-order valence-electron chi connectivity index (χ1n) is 8.29. The first-order valence-corrected chi connectivity index (χ1v) is 8.29. The van der Waals surface area contributed by atoms with Gasteiger partial charge in [-0.05, 0) is 19.3 Å². The largest absolute Gasteiger partial charge is 0.299 e. The molecule has 0 heterocycles. The van der Waals surface area contributed by atoms with Gasteiger partial charge < -0.3 is 0 Å². The molecule has 18 heavy (non-hydrogen) atoms. The first-order chi connectivity index (χ1) is 8.75. The fourth-order valence-electron chi connectivity index (χ4n) is 3.17. The van der Waals surface area contributed by atoms with Gasteiger partial charge >= 0.3 is 0 Å². The van der Waals surface area contributed by atoms with Crippen molar-refractivity contribution >= 4 is 5.78 Å². The monoisotopic (exact) mass is 252 g/mol. The maximum atomic E-state index is 12.0. The molecule has 0 aliphatic heterocycles. The zero-order valence-corrected chi connectivity index (χ0v) is 12.5. The predicted molar refractivity (Wildman–Crippen MR) is 78.7 cm³/mol. The van der Waals surface area contributed by atoms with Gasteiger partial charge in [0.1, 0.15) is 5.78 Å². The van der Waals surface area contributed by atoms with Gasteiger partial charge in [0.15, 0.2) is 0 Å². The topological polar surface area (TPSA) is 17.1 Å². The van der Waals surface area contributed by atoms with Crippen LogP contribution in [0.4, 0.5) is 0 Å². The number of rotatable bonds is 9. The summed E-state index contributed by atoms with van der Waals surface area (Å²) < 4.78 is 0. The van der Waals surface area contributed by atoms with E-state index in [9.17, 15) is 4.79 Å². The molecule has 0 aromatic rings. The summed E-state index contributed by atoms with van der Waals surface area (Å²) in [6.45, 7) is 4.38. The lowest BCUT2D eigenvalue weighted by atomic mass is 9.79. The minimum absolute atomic E-state index is 0.345. The van der Waals surface area contributed by atoms with Crippen LogP contribution in [0.2, 0.25) is 0 Å². The first kappa shape index (κ1) is 15.7. The second-order valence-electron chi connectivity index (χ2n) is 6.19. The lowest BCUT2D eigenvalue weighted by molar-refractivity contribution is -0.128. The van der Waals surface area contributed by atoms with Crippen molar-refractivity contribution in [2.75, 3.05) is 0 Å². The van der Waals surface area contributed by atoms with Gasteiger partial charge in [0, 0.05) is 11.8 Å². The molecule has 0 bridgehead atoms. The molecule has 0 spiro atoms. The van der Waals surface area contributed by atoms with E-state index in [4.69, 9.17) is 0 Å². The molecule has 1 aliphatic carbocycles. The Morgan fingerprint density at radius 2 is 1.56 bits per heavy atom. The van der Waals surface area contributed by atoms with Crippen LogP contribution in [0.15, 0.2) is 0 Å². The fraction of sp³-hybridized carbons (Fsp3) is 0.941. The van der Waals surface area contributed by atoms with Crippen LogP contribution in [0.1, 0.15) is 90.9 Å². The molecule has 1 fully saturated rings. The second kappa shape index (κ2) is 9.58. The van der Waals surface area contributed by atoms with Gasteiger partial charge in [-0.25, -0.2) is 0 Å². The van der Waals surface area contributed by atoms with Gasteiger partial charge in [0.05, 0.1) is 0 Å². The Bertz CT molecular complexity index is 222. The molecule has 1 nitrogen and oxygen atoms in total. The molecular weight excluding hydrogens is 220 g/mol. The van der Waals surface area contributed by atoms with Crippen molar-refractivity contribution < 1.29 is 4.79 Å². The summed E-state index contributed by atoms with van der Waals surface area (Å²) in [7, 11) is 0. The average molecular weight is 252 g/mol. The molecule has 0 radical (unpaired) electrons. The van der Waals surface area contributed by atoms with E-state index in [2.05, 4.69) is 13.8 Å². The van der Waals surface area contributed by atoms with E-state index in [0.717, 1.165) is 12.8 Å². The summed E-state index contributed by atoms with van der Waals surface area (Å²) in [6, 6.07) is 0. The summed E-state index contributed by atoms with van der Waals surface area (Å²) >= 11 is 0. The number of carbonyl (C=O) groups is 1. The van der Waals surface area contributed by atoms with Crippen LogP contribution in [0.25, 0.3) is 0 Å². The highest BCUT2D eigenvalue weighted by atomic mass is 16.1. The van der Waals surface area contributed by atoms with Crippen molar-refractivity contribution in [3.8, 4) is 0 Å². The molecular formula is C17H32O. The Hall–Kier alpha value is -0.330. The molecule has 106 valence electrons. The molecule has 1 heteroatoms. The van der Waals surface area contributed by atoms with Crippen molar-refractivity contribution in [1.29, 1.82) is 0 Å². The minimum atomic E-state index is 0.345. The highest BCUT2D eigenvalue weighted by molar-refractivity contribution is 5.83. The summed E-state index contributed by atoms with van der Waals surface area (Å²) in [5, 5.41) is 0. The molecule has 0 saturated heterocycles. The number of hydrogen-bond donors (Lipinski definition) is 0. The van der Waals surface area contributed by atoms with E-state index < -0.39 is 0 Å². The molecule has 1 unspecified atom stereocenters. The quantitative estimate of drug-likeness (QED) is 0.494. The van der Waals surface area contributed by atoms with E-state index in [1.165, 1.54) is 64.2 Å². The third kappa shape index (κ3) is 6.02. The van der Waals surface area contributed by atoms with E-state index in [0.29, 0.717) is 17.6 Å². The summed E-state index contributed by atoms with van der Waals surface area (Å²) in [5.41, 5.74) is 0. The zero-order valence-electron chi connectivity index (χ0n) is 12.5. The van der Waals surface area contributed by atoms with E-state index in [1.54, 1.807) is 0 Å². The van der Waals surface area contributed by atoms with Gasteiger partial charge in [-0.15, -0.1) is 0 Å². The van der Waals surface area contributed by atoms with Crippen molar-refractivity contribution in [2.24, 2.45) is 11.8 Å². The van der Waals surface area contributed by atoms with E-state index in [1.807, 2.05) is 0 Å². The molecule has 2 atom stereocenters. The average Bonchev–Trinajstić information content (AvgIpc) is 2.37. The third-order valence-corrected chi connectivity index (χ3v) is 4.48. The maximum absolute atomic E-state index is 12.0. The number of ketones is 1. The standard InChI is InChI=1S/C17H32O/c1-3-4-5-6-7-8-9-10-13-16-14-11-12-15(2)17(16)18/h15-16H,3-14H2,1-2H3/t15-,16?/m1/s1. The number of hydrogen-bond acceptors (Lipinski definition) is 1. The Balaban J connectivity index is 1.95. The van der Waals surface area contributed by atoms with Crippen molar-refractivity contribution in [2.45, 2.75) is 90.9 Å². The number of unbranched alkanes of at least 4 members (excludes halogenated alkanes) is 7. The van der Waals surface area contributed by atoms with Crippen LogP contribution in [-0.4, -0.2) is 5.78 Å². The molecule has 0 N–H and O–H groups in total. The summed E-state index contributed by atoms with van der Waals surface area (Å²) in [4.78, 5) is 12.0. The normalized spacial score (nSPS) is 24.4. The predicted octanol–water partition coefficient (Wildman–Crippen LogP) is 5.52. The Kier molecular flexibility index (Phi) is 8.37. The van der Waals surface area contributed by atoms with Crippen molar-refractivity contribution in [3.05, 3.63) is 0 Å². The number of Topliss-reactive ketones (excluding diaryl/α,β-unsaturated/α-hetero) is 1. The minimum Gasteiger partial charge on any atom is -0.299 e. The van der Waals surface area contributed by atoms with Crippen LogP contribution in [0.3, 0.4) is 0 Å². The molecule has 1 rings (SSSR count). The summed E-state index contributed by atoms with van der Waals surface area (Å²) in [6.07, 6.45) is 15.7. The second-order valence-corrected chi connectivity index (χ2v) is 6.19. The highest BCUT2D eigenvalue weighted by Crippen LogP contribution is 2.29. The SMILES string of the molecule is CCCCCCCCCCC1CCC[C@@H](C)C1=O.